The largest absolute Gasteiger partial charge is 0.335 e. The van der Waals surface area contributed by atoms with E-state index in [9.17, 15) is 4.79 Å². The lowest BCUT2D eigenvalue weighted by molar-refractivity contribution is 0.0781. The molecule has 3 heterocycles. The summed E-state index contributed by atoms with van der Waals surface area (Å²) in [6.07, 6.45) is 1.73. The van der Waals surface area contributed by atoms with Gasteiger partial charge in [0.1, 0.15) is 11.3 Å². The van der Waals surface area contributed by atoms with Gasteiger partial charge >= 0.3 is 0 Å². The Bertz CT molecular complexity index is 937. The molecule has 0 radical (unpaired) electrons. The van der Waals surface area contributed by atoms with Crippen molar-refractivity contribution in [1.29, 1.82) is 0 Å². The molecular formula is C19H19ClN4O. The van der Waals surface area contributed by atoms with E-state index in [1.54, 1.807) is 16.7 Å². The van der Waals surface area contributed by atoms with Crippen molar-refractivity contribution in [1.82, 2.24) is 14.3 Å². The third-order valence-corrected chi connectivity index (χ3v) is 5.06. The Labute approximate surface area is 151 Å². The Kier molecular flexibility index (Phi) is 3.98. The van der Waals surface area contributed by atoms with E-state index in [-0.39, 0.29) is 17.9 Å². The molecule has 2 atom stereocenters. The molecule has 1 amide bonds. The van der Waals surface area contributed by atoms with E-state index < -0.39 is 0 Å². The Morgan fingerprint density at radius 1 is 1.20 bits per heavy atom. The third kappa shape index (κ3) is 2.79. The number of rotatable bonds is 2. The minimum Gasteiger partial charge on any atom is -0.335 e. The van der Waals surface area contributed by atoms with E-state index in [1.165, 1.54) is 5.56 Å². The van der Waals surface area contributed by atoms with Crippen LogP contribution in [0.25, 0.3) is 5.65 Å². The lowest BCUT2D eigenvalue weighted by Gasteiger charge is -2.17. The Hall–Kier alpha value is -2.37. The second-order valence-electron chi connectivity index (χ2n) is 6.51. The lowest BCUT2D eigenvalue weighted by atomic mass is 9.95. The van der Waals surface area contributed by atoms with E-state index in [2.05, 4.69) is 17.1 Å². The number of hydrogen-bond donors (Lipinski definition) is 1. The van der Waals surface area contributed by atoms with Crippen LogP contribution in [0.1, 0.15) is 27.7 Å². The van der Waals surface area contributed by atoms with Crippen molar-refractivity contribution in [3.05, 3.63) is 70.6 Å². The van der Waals surface area contributed by atoms with Gasteiger partial charge in [0.15, 0.2) is 0 Å². The van der Waals surface area contributed by atoms with Crippen molar-refractivity contribution in [2.24, 2.45) is 5.73 Å². The van der Waals surface area contributed by atoms with Crippen molar-refractivity contribution < 1.29 is 4.79 Å². The number of benzene rings is 1. The van der Waals surface area contributed by atoms with Gasteiger partial charge in [-0.05, 0) is 24.6 Å². The molecule has 2 aromatic heterocycles. The zero-order valence-electron chi connectivity index (χ0n) is 13.9. The van der Waals surface area contributed by atoms with Crippen molar-refractivity contribution >= 4 is 23.2 Å². The van der Waals surface area contributed by atoms with Crippen molar-refractivity contribution in [2.45, 2.75) is 18.9 Å². The lowest BCUT2D eigenvalue weighted by Crippen LogP contribution is -2.33. The Balaban J connectivity index is 1.66. The van der Waals surface area contributed by atoms with Gasteiger partial charge in [-0.15, -0.1) is 0 Å². The molecule has 1 aliphatic rings. The van der Waals surface area contributed by atoms with Crippen LogP contribution in [0.4, 0.5) is 0 Å². The first-order valence-electron chi connectivity index (χ1n) is 8.28. The van der Waals surface area contributed by atoms with Crippen LogP contribution in [0.3, 0.4) is 0 Å². The fourth-order valence-corrected chi connectivity index (χ4v) is 3.75. The molecule has 0 aliphatic carbocycles. The van der Waals surface area contributed by atoms with Crippen molar-refractivity contribution in [3.63, 3.8) is 0 Å². The number of imidazole rings is 1. The SMILES string of the molecule is Cc1nc2ccc(Cl)cn2c1C(=O)N1C[C@H](c2ccccc2)[C@@H](N)C1. The summed E-state index contributed by atoms with van der Waals surface area (Å²) in [4.78, 5) is 19.4. The second-order valence-corrected chi connectivity index (χ2v) is 6.95. The van der Waals surface area contributed by atoms with Gasteiger partial charge in [-0.2, -0.15) is 0 Å². The number of amides is 1. The average Bonchev–Trinajstić information content (AvgIpc) is 3.14. The molecule has 0 saturated carbocycles. The highest BCUT2D eigenvalue weighted by Gasteiger charge is 2.35. The topological polar surface area (TPSA) is 63.6 Å². The first-order chi connectivity index (χ1) is 12.0. The maximum absolute atomic E-state index is 13.1. The number of aromatic nitrogens is 2. The average molecular weight is 355 g/mol. The number of carbonyl (C=O) groups is 1. The van der Waals surface area contributed by atoms with Crippen LogP contribution in [0.2, 0.25) is 5.02 Å². The number of likely N-dealkylation sites (tertiary alicyclic amines) is 1. The fourth-order valence-electron chi connectivity index (χ4n) is 3.59. The predicted molar refractivity (Wildman–Crippen MR) is 98.0 cm³/mol. The van der Waals surface area contributed by atoms with Crippen molar-refractivity contribution in [3.8, 4) is 0 Å². The molecule has 5 nitrogen and oxygen atoms in total. The van der Waals surface area contributed by atoms with Crippen LogP contribution < -0.4 is 5.73 Å². The molecule has 1 aromatic carbocycles. The molecular weight excluding hydrogens is 336 g/mol. The standard InChI is InChI=1S/C19H19ClN4O/c1-12-18(24-9-14(20)7-8-17(24)22-12)19(25)23-10-15(16(21)11-23)13-5-3-2-4-6-13/h2-9,15-16H,10-11,21H2,1H3/t15-,16+/m1/s1. The van der Waals surface area contributed by atoms with Gasteiger partial charge in [-0.25, -0.2) is 4.98 Å². The number of halogens is 1. The molecule has 0 bridgehead atoms. The molecule has 1 aliphatic heterocycles. The number of nitrogens with two attached hydrogens (primary N) is 1. The van der Waals surface area contributed by atoms with Crippen molar-refractivity contribution in [2.75, 3.05) is 13.1 Å². The van der Waals surface area contributed by atoms with Gasteiger partial charge in [0.2, 0.25) is 0 Å². The summed E-state index contributed by atoms with van der Waals surface area (Å²) in [7, 11) is 0. The maximum Gasteiger partial charge on any atom is 0.272 e. The fraction of sp³-hybridized carbons (Fsp3) is 0.263. The molecule has 1 saturated heterocycles. The highest BCUT2D eigenvalue weighted by atomic mass is 35.5. The van der Waals surface area contributed by atoms with Crippen LogP contribution in [0.5, 0.6) is 0 Å². The van der Waals surface area contributed by atoms with Gasteiger partial charge in [0, 0.05) is 31.2 Å². The minimum atomic E-state index is -0.0746. The van der Waals surface area contributed by atoms with E-state index in [1.807, 2.05) is 36.1 Å². The summed E-state index contributed by atoms with van der Waals surface area (Å²) in [6, 6.07) is 13.6. The number of nitrogens with zero attached hydrogens (tertiary/aromatic N) is 3. The quantitative estimate of drug-likeness (QED) is 0.769. The Morgan fingerprint density at radius 2 is 1.96 bits per heavy atom. The summed E-state index contributed by atoms with van der Waals surface area (Å²) >= 11 is 6.10. The van der Waals surface area contributed by atoms with Crippen LogP contribution in [-0.2, 0) is 0 Å². The smallest absolute Gasteiger partial charge is 0.272 e. The summed E-state index contributed by atoms with van der Waals surface area (Å²) in [5.74, 6) is 0.0920. The Morgan fingerprint density at radius 3 is 2.72 bits per heavy atom. The molecule has 3 aromatic rings. The molecule has 1 fully saturated rings. The summed E-state index contributed by atoms with van der Waals surface area (Å²) < 4.78 is 1.77. The van der Waals surface area contributed by atoms with Gasteiger partial charge in [0.25, 0.3) is 5.91 Å². The number of aryl methyl sites for hydroxylation is 1. The highest BCUT2D eigenvalue weighted by molar-refractivity contribution is 6.30. The maximum atomic E-state index is 13.1. The first-order valence-corrected chi connectivity index (χ1v) is 8.66. The predicted octanol–water partition coefficient (Wildman–Crippen LogP) is 2.86. The summed E-state index contributed by atoms with van der Waals surface area (Å²) in [5.41, 5.74) is 9.47. The number of pyridine rings is 1. The molecule has 128 valence electrons. The second kappa shape index (κ2) is 6.17. The minimum absolute atomic E-state index is 0.0545. The third-order valence-electron chi connectivity index (χ3n) is 4.84. The highest BCUT2D eigenvalue weighted by Crippen LogP contribution is 2.28. The van der Waals surface area contributed by atoms with E-state index in [0.717, 1.165) is 0 Å². The monoisotopic (exact) mass is 354 g/mol. The van der Waals surface area contributed by atoms with Gasteiger partial charge < -0.3 is 10.6 Å². The molecule has 6 heteroatoms. The molecule has 0 spiro atoms. The molecule has 2 N–H and O–H groups in total. The summed E-state index contributed by atoms with van der Waals surface area (Å²) in [6.45, 7) is 2.99. The number of hydrogen-bond acceptors (Lipinski definition) is 3. The van der Waals surface area contributed by atoms with Crippen LogP contribution in [0, 0.1) is 6.92 Å². The van der Waals surface area contributed by atoms with Gasteiger partial charge in [-0.1, -0.05) is 41.9 Å². The van der Waals surface area contributed by atoms with Crippen LogP contribution in [0.15, 0.2) is 48.7 Å². The first kappa shape index (κ1) is 16.1. The summed E-state index contributed by atoms with van der Waals surface area (Å²) in [5, 5.41) is 0.569. The number of carbonyl (C=O) groups excluding carboxylic acids is 1. The van der Waals surface area contributed by atoms with E-state index in [4.69, 9.17) is 17.3 Å². The zero-order chi connectivity index (χ0) is 17.6. The number of fused-ring (bicyclic) bond motifs is 1. The van der Waals surface area contributed by atoms with Gasteiger partial charge in [-0.3, -0.25) is 9.20 Å². The zero-order valence-corrected chi connectivity index (χ0v) is 14.6. The molecule has 25 heavy (non-hydrogen) atoms. The van der Waals surface area contributed by atoms with Gasteiger partial charge in [0.05, 0.1) is 10.7 Å². The molecule has 4 rings (SSSR count). The van der Waals surface area contributed by atoms with E-state index >= 15 is 0 Å². The van der Waals surface area contributed by atoms with Crippen LogP contribution >= 0.6 is 11.6 Å². The van der Waals surface area contributed by atoms with E-state index in [0.29, 0.717) is 35.1 Å². The van der Waals surface area contributed by atoms with Crippen LogP contribution in [-0.4, -0.2) is 39.3 Å². The molecule has 0 unspecified atom stereocenters. The normalized spacial score (nSPS) is 20.4.